The van der Waals surface area contributed by atoms with Gasteiger partial charge in [-0.3, -0.25) is 14.3 Å². The van der Waals surface area contributed by atoms with E-state index in [1.807, 2.05) is 59.2 Å². The van der Waals surface area contributed by atoms with E-state index in [0.717, 1.165) is 48.4 Å². The van der Waals surface area contributed by atoms with Crippen molar-refractivity contribution in [2.75, 3.05) is 7.11 Å². The van der Waals surface area contributed by atoms with Gasteiger partial charge in [0.05, 0.1) is 13.7 Å². The molecule has 1 fully saturated rings. The van der Waals surface area contributed by atoms with Crippen molar-refractivity contribution in [3.8, 4) is 5.75 Å². The first-order valence-corrected chi connectivity index (χ1v) is 11.0. The zero-order valence-electron chi connectivity index (χ0n) is 18.1. The second-order valence-electron chi connectivity index (χ2n) is 8.39. The van der Waals surface area contributed by atoms with E-state index in [4.69, 9.17) is 9.72 Å². The lowest BCUT2D eigenvalue weighted by Crippen LogP contribution is -2.31. The second-order valence-corrected chi connectivity index (χ2v) is 8.39. The van der Waals surface area contributed by atoms with E-state index in [2.05, 4.69) is 4.98 Å². The highest BCUT2D eigenvalue weighted by atomic mass is 16.5. The van der Waals surface area contributed by atoms with E-state index in [9.17, 15) is 9.59 Å². The van der Waals surface area contributed by atoms with E-state index in [-0.39, 0.29) is 5.56 Å². The summed E-state index contributed by atoms with van der Waals surface area (Å²) < 4.78 is 8.82. The standard InChI is InChI=1S/C25H26N4O3/c1-32-20-13-11-18(12-14-20)16-29-23-21(24(30)27-25(29)31)28(15-17-7-3-2-4-8-17)22(26-23)19-9-5-6-10-19/h2-4,7-8,11-14,19H,5-6,9-10,15-16H2,1H3,(H,27,30,31). The number of methoxy groups -OCH3 is 1. The Kier molecular flexibility index (Phi) is 5.39. The second kappa shape index (κ2) is 8.49. The number of imidazole rings is 1. The quantitative estimate of drug-likeness (QED) is 0.506. The molecule has 2 aromatic heterocycles. The number of hydrogen-bond acceptors (Lipinski definition) is 4. The zero-order valence-corrected chi connectivity index (χ0v) is 18.1. The zero-order chi connectivity index (χ0) is 22.1. The molecule has 1 N–H and O–H groups in total. The number of nitrogens with one attached hydrogen (secondary N) is 1. The summed E-state index contributed by atoms with van der Waals surface area (Å²) in [6.07, 6.45) is 4.43. The molecule has 1 saturated carbocycles. The predicted octanol–water partition coefficient (Wildman–Crippen LogP) is 3.65. The van der Waals surface area contributed by atoms with Gasteiger partial charge in [-0.1, -0.05) is 55.3 Å². The Labute approximate surface area is 185 Å². The molecule has 0 atom stereocenters. The first kappa shape index (κ1) is 20.3. The van der Waals surface area contributed by atoms with Crippen molar-refractivity contribution in [2.24, 2.45) is 0 Å². The molecular weight excluding hydrogens is 404 g/mol. The Morgan fingerprint density at radius 3 is 2.28 bits per heavy atom. The van der Waals surface area contributed by atoms with Crippen LogP contribution in [-0.2, 0) is 13.1 Å². The molecule has 5 rings (SSSR count). The lowest BCUT2D eigenvalue weighted by Gasteiger charge is -2.13. The normalized spacial score (nSPS) is 14.3. The number of aromatic nitrogens is 4. The van der Waals surface area contributed by atoms with Crippen molar-refractivity contribution >= 4 is 11.2 Å². The number of fused-ring (bicyclic) bond motifs is 1. The highest BCUT2D eigenvalue weighted by Crippen LogP contribution is 2.35. The highest BCUT2D eigenvalue weighted by Gasteiger charge is 2.26. The maximum absolute atomic E-state index is 13.0. The predicted molar refractivity (Wildman–Crippen MR) is 123 cm³/mol. The molecule has 7 heteroatoms. The van der Waals surface area contributed by atoms with E-state index in [0.29, 0.717) is 30.2 Å². The summed E-state index contributed by atoms with van der Waals surface area (Å²) in [4.78, 5) is 33.2. The summed E-state index contributed by atoms with van der Waals surface area (Å²) in [6.45, 7) is 0.871. The highest BCUT2D eigenvalue weighted by molar-refractivity contribution is 5.71. The summed E-state index contributed by atoms with van der Waals surface area (Å²) >= 11 is 0. The number of aromatic amines is 1. The van der Waals surface area contributed by atoms with Gasteiger partial charge < -0.3 is 9.30 Å². The lowest BCUT2D eigenvalue weighted by atomic mass is 10.1. The van der Waals surface area contributed by atoms with Gasteiger partial charge in [-0.25, -0.2) is 9.78 Å². The van der Waals surface area contributed by atoms with Crippen LogP contribution in [0.1, 0.15) is 48.6 Å². The summed E-state index contributed by atoms with van der Waals surface area (Å²) in [5, 5.41) is 0. The first-order chi connectivity index (χ1) is 15.6. The molecule has 0 spiro atoms. The topological polar surface area (TPSA) is 81.9 Å². The fourth-order valence-corrected chi connectivity index (χ4v) is 4.67. The Morgan fingerprint density at radius 2 is 1.59 bits per heavy atom. The van der Waals surface area contributed by atoms with Crippen molar-refractivity contribution in [2.45, 2.75) is 44.7 Å². The van der Waals surface area contributed by atoms with Gasteiger partial charge in [-0.15, -0.1) is 0 Å². The molecule has 0 unspecified atom stereocenters. The number of ether oxygens (including phenoxy) is 1. The Morgan fingerprint density at radius 1 is 0.938 bits per heavy atom. The van der Waals surface area contributed by atoms with E-state index >= 15 is 0 Å². The van der Waals surface area contributed by atoms with Crippen molar-refractivity contribution in [1.82, 2.24) is 19.1 Å². The Hall–Kier alpha value is -3.61. The van der Waals surface area contributed by atoms with Crippen LogP contribution in [-0.4, -0.2) is 26.2 Å². The van der Waals surface area contributed by atoms with Crippen LogP contribution in [0.5, 0.6) is 5.75 Å². The van der Waals surface area contributed by atoms with Gasteiger partial charge in [0.15, 0.2) is 11.2 Å². The van der Waals surface area contributed by atoms with E-state index in [1.54, 1.807) is 11.7 Å². The molecule has 0 aliphatic heterocycles. The minimum atomic E-state index is -0.444. The number of nitrogens with zero attached hydrogens (tertiary/aromatic N) is 3. The van der Waals surface area contributed by atoms with Crippen molar-refractivity contribution < 1.29 is 4.74 Å². The van der Waals surface area contributed by atoms with Crippen LogP contribution in [0.2, 0.25) is 0 Å². The van der Waals surface area contributed by atoms with Crippen molar-refractivity contribution in [3.05, 3.63) is 92.4 Å². The number of benzene rings is 2. The van der Waals surface area contributed by atoms with Gasteiger partial charge in [-0.2, -0.15) is 0 Å². The summed E-state index contributed by atoms with van der Waals surface area (Å²) in [6, 6.07) is 17.6. The van der Waals surface area contributed by atoms with Gasteiger partial charge in [0.25, 0.3) is 5.56 Å². The van der Waals surface area contributed by atoms with Crippen LogP contribution < -0.4 is 16.0 Å². The molecule has 164 valence electrons. The SMILES string of the molecule is COc1ccc(Cn2c(=O)[nH]c(=O)c3c2nc(C2CCCC2)n3Cc2ccccc2)cc1. The molecule has 4 aromatic rings. The lowest BCUT2D eigenvalue weighted by molar-refractivity contribution is 0.414. The third-order valence-corrected chi connectivity index (χ3v) is 6.32. The molecule has 0 saturated heterocycles. The molecule has 0 radical (unpaired) electrons. The fraction of sp³-hybridized carbons (Fsp3) is 0.320. The van der Waals surface area contributed by atoms with E-state index in [1.165, 1.54) is 0 Å². The average molecular weight is 431 g/mol. The van der Waals surface area contributed by atoms with Gasteiger partial charge in [0.1, 0.15) is 11.6 Å². The maximum Gasteiger partial charge on any atom is 0.330 e. The maximum atomic E-state index is 13.0. The number of H-pyrrole nitrogens is 1. The van der Waals surface area contributed by atoms with Crippen molar-refractivity contribution in [1.29, 1.82) is 0 Å². The molecule has 0 bridgehead atoms. The monoisotopic (exact) mass is 430 g/mol. The summed E-state index contributed by atoms with van der Waals surface area (Å²) in [7, 11) is 1.62. The molecule has 32 heavy (non-hydrogen) atoms. The van der Waals surface area contributed by atoms with Crippen LogP contribution in [0, 0.1) is 0 Å². The van der Waals surface area contributed by atoms with Crippen LogP contribution >= 0.6 is 0 Å². The van der Waals surface area contributed by atoms with Gasteiger partial charge in [0.2, 0.25) is 0 Å². The van der Waals surface area contributed by atoms with Crippen LogP contribution in [0.3, 0.4) is 0 Å². The minimum Gasteiger partial charge on any atom is -0.497 e. The molecule has 1 aliphatic carbocycles. The molecule has 0 amide bonds. The van der Waals surface area contributed by atoms with Gasteiger partial charge >= 0.3 is 5.69 Å². The molecular formula is C25H26N4O3. The number of hydrogen-bond donors (Lipinski definition) is 1. The summed E-state index contributed by atoms with van der Waals surface area (Å²) in [5.41, 5.74) is 2.11. The van der Waals surface area contributed by atoms with Crippen LogP contribution in [0.15, 0.2) is 64.2 Å². The smallest absolute Gasteiger partial charge is 0.330 e. The molecule has 7 nitrogen and oxygen atoms in total. The Balaban J connectivity index is 1.67. The third-order valence-electron chi connectivity index (χ3n) is 6.32. The molecule has 1 aliphatic rings. The van der Waals surface area contributed by atoms with Gasteiger partial charge in [0, 0.05) is 12.5 Å². The minimum absolute atomic E-state index is 0.301. The third kappa shape index (κ3) is 3.75. The molecule has 2 heterocycles. The summed E-state index contributed by atoms with van der Waals surface area (Å²) in [5.74, 6) is 1.96. The first-order valence-electron chi connectivity index (χ1n) is 11.0. The number of rotatable bonds is 6. The Bertz CT molecular complexity index is 1340. The molecule has 2 aromatic carbocycles. The van der Waals surface area contributed by atoms with Crippen molar-refractivity contribution in [3.63, 3.8) is 0 Å². The van der Waals surface area contributed by atoms with Gasteiger partial charge in [-0.05, 0) is 36.1 Å². The fourth-order valence-electron chi connectivity index (χ4n) is 4.67. The van der Waals surface area contributed by atoms with E-state index < -0.39 is 5.69 Å². The van der Waals surface area contributed by atoms with Crippen LogP contribution in [0.25, 0.3) is 11.2 Å². The largest absolute Gasteiger partial charge is 0.497 e. The average Bonchev–Trinajstić information content (AvgIpc) is 3.46. The van der Waals surface area contributed by atoms with Crippen LogP contribution in [0.4, 0.5) is 0 Å².